The molecule has 8 nitrogen and oxygen atoms in total. The van der Waals surface area contributed by atoms with Gasteiger partial charge in [-0.2, -0.15) is 18.2 Å². The third kappa shape index (κ3) is 4.77. The van der Waals surface area contributed by atoms with E-state index in [-0.39, 0.29) is 16.6 Å². The smallest absolute Gasteiger partial charge is 0.416 e. The molecule has 2 heterocycles. The number of alkyl halides is 3. The van der Waals surface area contributed by atoms with Crippen molar-refractivity contribution in [2.45, 2.75) is 19.3 Å². The van der Waals surface area contributed by atoms with Crippen LogP contribution in [0.3, 0.4) is 0 Å². The van der Waals surface area contributed by atoms with Crippen molar-refractivity contribution < 1.29 is 36.3 Å². The Morgan fingerprint density at radius 1 is 1.14 bits per heavy atom. The van der Waals surface area contributed by atoms with Crippen LogP contribution in [-0.2, 0) is 10.9 Å². The Morgan fingerprint density at radius 2 is 1.80 bits per heavy atom. The molecular weight excluding hydrogens is 497 g/mol. The number of nitrogens with one attached hydrogen (secondary N) is 1. The van der Waals surface area contributed by atoms with E-state index < -0.39 is 47.1 Å². The molecule has 0 fully saturated rings. The number of hydrazone groups is 1. The van der Waals surface area contributed by atoms with Crippen molar-refractivity contribution in [3.63, 3.8) is 0 Å². The monoisotopic (exact) mass is 511 g/mol. The zero-order chi connectivity index (χ0) is 25.5. The molecular formula is C21H14F5N5O3S. The summed E-state index contributed by atoms with van der Waals surface area (Å²) < 4.78 is 73.3. The van der Waals surface area contributed by atoms with Crippen molar-refractivity contribution in [2.75, 3.05) is 5.73 Å². The number of benzene rings is 2. The molecule has 0 radical (unpaired) electrons. The number of rotatable bonds is 3. The van der Waals surface area contributed by atoms with Crippen LogP contribution in [0, 0.1) is 18.6 Å². The fourth-order valence-electron chi connectivity index (χ4n) is 3.21. The first-order valence-corrected chi connectivity index (χ1v) is 10.5. The number of carbonyl (C=O) groups excluding carboxylic acids is 2. The summed E-state index contributed by atoms with van der Waals surface area (Å²) >= 11 is 0.951. The number of hydrogen-bond acceptors (Lipinski definition) is 7. The van der Waals surface area contributed by atoms with Crippen molar-refractivity contribution in [1.29, 1.82) is 0 Å². The zero-order valence-corrected chi connectivity index (χ0v) is 18.4. The third-order valence-electron chi connectivity index (χ3n) is 4.77. The number of nitrogens with two attached hydrogens (primary N) is 1. The molecule has 0 saturated heterocycles. The van der Waals surface area contributed by atoms with Gasteiger partial charge in [-0.05, 0) is 31.2 Å². The van der Waals surface area contributed by atoms with Crippen LogP contribution in [0.25, 0.3) is 0 Å². The number of imide groups is 1. The van der Waals surface area contributed by atoms with E-state index in [1.54, 1.807) is 12.2 Å². The molecule has 3 aromatic rings. The van der Waals surface area contributed by atoms with Gasteiger partial charge in [-0.1, -0.05) is 29.5 Å². The molecule has 0 spiro atoms. The van der Waals surface area contributed by atoms with E-state index in [4.69, 9.17) is 10.5 Å². The minimum Gasteiger partial charge on any atom is -0.445 e. The highest BCUT2D eigenvalue weighted by molar-refractivity contribution is 7.17. The number of ether oxygens (including phenoxy) is 1. The van der Waals surface area contributed by atoms with Crippen LogP contribution in [0.2, 0.25) is 0 Å². The summed E-state index contributed by atoms with van der Waals surface area (Å²) in [5.41, 5.74) is 3.88. The summed E-state index contributed by atoms with van der Waals surface area (Å²) in [4.78, 5) is 29.6. The average molecular weight is 511 g/mol. The number of aromatic nitrogens is 1. The number of halogens is 5. The fraction of sp³-hybridized carbons (Fsp3) is 0.143. The molecule has 35 heavy (non-hydrogen) atoms. The van der Waals surface area contributed by atoms with Gasteiger partial charge in [-0.3, -0.25) is 10.1 Å². The highest BCUT2D eigenvalue weighted by atomic mass is 32.1. The number of carbonyl (C=O) groups is 2. The normalized spacial score (nSPS) is 15.5. The molecule has 1 aliphatic rings. The van der Waals surface area contributed by atoms with E-state index >= 15 is 0 Å². The van der Waals surface area contributed by atoms with Gasteiger partial charge in [0.2, 0.25) is 6.23 Å². The van der Waals surface area contributed by atoms with Gasteiger partial charge >= 0.3 is 12.2 Å². The van der Waals surface area contributed by atoms with Crippen LogP contribution < -0.4 is 11.1 Å². The Kier molecular flexibility index (Phi) is 6.15. The summed E-state index contributed by atoms with van der Waals surface area (Å²) in [6, 6.07) is 5.29. The molecule has 0 saturated carbocycles. The maximum atomic E-state index is 14.0. The Bertz CT molecular complexity index is 1340. The second kappa shape index (κ2) is 8.94. The van der Waals surface area contributed by atoms with E-state index in [1.807, 2.05) is 0 Å². The van der Waals surface area contributed by atoms with Gasteiger partial charge < -0.3 is 10.5 Å². The van der Waals surface area contributed by atoms with Gasteiger partial charge in [0, 0.05) is 5.56 Å². The van der Waals surface area contributed by atoms with E-state index in [2.05, 4.69) is 10.1 Å². The predicted molar refractivity (Wildman–Crippen MR) is 114 cm³/mol. The maximum absolute atomic E-state index is 14.0. The molecule has 14 heteroatoms. The quantitative estimate of drug-likeness (QED) is 0.501. The highest BCUT2D eigenvalue weighted by Crippen LogP contribution is 2.36. The van der Waals surface area contributed by atoms with Crippen molar-refractivity contribution in [3.8, 4) is 0 Å². The zero-order valence-electron chi connectivity index (χ0n) is 17.6. The van der Waals surface area contributed by atoms with Crippen LogP contribution in [0.15, 0.2) is 47.6 Å². The summed E-state index contributed by atoms with van der Waals surface area (Å²) in [5.74, 6) is -4.06. The summed E-state index contributed by atoms with van der Waals surface area (Å²) in [6.07, 6.45) is -6.24. The summed E-state index contributed by atoms with van der Waals surface area (Å²) in [6.45, 7) is 1.57. The van der Waals surface area contributed by atoms with Crippen LogP contribution >= 0.6 is 11.3 Å². The van der Waals surface area contributed by atoms with Crippen LogP contribution in [-0.4, -0.2) is 27.8 Å². The largest absolute Gasteiger partial charge is 0.445 e. The number of nitrogen functional groups attached to an aromatic ring is 1. The Labute approximate surface area is 197 Å². The predicted octanol–water partition coefficient (Wildman–Crippen LogP) is 4.57. The molecule has 2 aromatic carbocycles. The van der Waals surface area contributed by atoms with Crippen molar-refractivity contribution >= 4 is 34.3 Å². The average Bonchev–Trinajstić information content (AvgIpc) is 3.36. The lowest BCUT2D eigenvalue weighted by atomic mass is 10.1. The minimum absolute atomic E-state index is 0.131. The molecule has 1 aromatic heterocycles. The van der Waals surface area contributed by atoms with Gasteiger partial charge in [-0.25, -0.2) is 18.6 Å². The highest BCUT2D eigenvalue weighted by Gasteiger charge is 2.39. The Morgan fingerprint density at radius 3 is 2.40 bits per heavy atom. The molecule has 1 unspecified atom stereocenters. The molecule has 3 amide bonds. The number of hydrogen-bond donors (Lipinski definition) is 2. The fourth-order valence-corrected chi connectivity index (χ4v) is 3.97. The number of thiazole rings is 1. The summed E-state index contributed by atoms with van der Waals surface area (Å²) in [5, 5.41) is 6.46. The first-order chi connectivity index (χ1) is 16.5. The van der Waals surface area contributed by atoms with Crippen LogP contribution in [0.5, 0.6) is 0 Å². The first-order valence-electron chi connectivity index (χ1n) is 9.70. The molecule has 4 rings (SSSR count). The number of urea groups is 1. The SMILES string of the molecule is Cc1nc(N)sc1C1=NN(C(=O)NC(=O)c2c(F)cccc2F)C(c2cccc(C(F)(F)F)c2)O1. The van der Waals surface area contributed by atoms with Gasteiger partial charge in [0.15, 0.2) is 5.13 Å². The lowest BCUT2D eigenvalue weighted by Gasteiger charge is -2.21. The van der Waals surface area contributed by atoms with E-state index in [1.165, 1.54) is 6.07 Å². The Balaban J connectivity index is 1.70. The molecule has 0 bridgehead atoms. The number of nitrogens with zero attached hydrogens (tertiary/aromatic N) is 3. The molecule has 3 N–H and O–H groups in total. The van der Waals surface area contributed by atoms with Gasteiger partial charge in [0.05, 0.1) is 11.3 Å². The number of amides is 3. The van der Waals surface area contributed by atoms with Crippen molar-refractivity contribution in [1.82, 2.24) is 15.3 Å². The number of aryl methyl sites for hydroxylation is 1. The van der Waals surface area contributed by atoms with Crippen LogP contribution in [0.4, 0.5) is 31.9 Å². The van der Waals surface area contributed by atoms with Crippen molar-refractivity contribution in [3.05, 3.63) is 81.4 Å². The van der Waals surface area contributed by atoms with E-state index in [0.29, 0.717) is 15.6 Å². The lowest BCUT2D eigenvalue weighted by molar-refractivity contribution is -0.137. The van der Waals surface area contributed by atoms with E-state index in [9.17, 15) is 31.5 Å². The standard InChI is InChI=1S/C21H14F5N5O3S/c1-9-15(35-19(27)28-9)17-30-31(18(34-17)10-4-2-5-11(8-10)21(24,25)26)20(33)29-16(32)14-12(22)6-3-7-13(14)23/h2-8,18H,1H3,(H2,27,28)(H,29,32,33). The molecule has 0 aliphatic carbocycles. The van der Waals surface area contributed by atoms with Crippen LogP contribution in [0.1, 0.15) is 38.3 Å². The van der Waals surface area contributed by atoms with E-state index in [0.717, 1.165) is 47.7 Å². The second-order valence-corrected chi connectivity index (χ2v) is 8.20. The minimum atomic E-state index is -4.69. The molecule has 1 aliphatic heterocycles. The second-order valence-electron chi connectivity index (χ2n) is 7.17. The first kappa shape index (κ1) is 24.1. The van der Waals surface area contributed by atoms with Gasteiger partial charge in [0.25, 0.3) is 11.8 Å². The van der Waals surface area contributed by atoms with Crippen molar-refractivity contribution in [2.24, 2.45) is 5.10 Å². The summed E-state index contributed by atoms with van der Waals surface area (Å²) in [7, 11) is 0. The lowest BCUT2D eigenvalue weighted by Crippen LogP contribution is -2.41. The topological polar surface area (TPSA) is 110 Å². The maximum Gasteiger partial charge on any atom is 0.416 e. The van der Waals surface area contributed by atoms with Gasteiger partial charge in [0.1, 0.15) is 22.1 Å². The molecule has 182 valence electrons. The Hall–Kier alpha value is -4.07. The third-order valence-corrected chi connectivity index (χ3v) is 5.74. The van der Waals surface area contributed by atoms with Gasteiger partial charge in [-0.15, -0.1) is 5.10 Å². The number of anilines is 1. The molecule has 1 atom stereocenters.